The van der Waals surface area contributed by atoms with Gasteiger partial charge in [0.05, 0.1) is 12.7 Å². The highest BCUT2D eigenvalue weighted by Crippen LogP contribution is 2.45. The molecule has 0 fully saturated rings. The summed E-state index contributed by atoms with van der Waals surface area (Å²) < 4.78 is 5.03. The lowest BCUT2D eigenvalue weighted by atomic mass is 9.81. The molecule has 0 aliphatic carbocycles. The first-order valence-electron chi connectivity index (χ1n) is 9.41. The Hall–Kier alpha value is -2.51. The van der Waals surface area contributed by atoms with E-state index in [9.17, 15) is 14.4 Å². The lowest BCUT2D eigenvalue weighted by molar-refractivity contribution is 0.0600. The second-order valence-corrected chi connectivity index (χ2v) is 9.52. The van der Waals surface area contributed by atoms with Gasteiger partial charge in [0.1, 0.15) is 5.00 Å². The number of ether oxygens (including phenoxy) is 1. The number of benzene rings is 1. The molecule has 1 aromatic carbocycles. The summed E-state index contributed by atoms with van der Waals surface area (Å²) in [6.07, 6.45) is 0.649. The van der Waals surface area contributed by atoms with E-state index < -0.39 is 5.97 Å². The Bertz CT molecular complexity index is 987. The molecule has 0 saturated carbocycles. The van der Waals surface area contributed by atoms with Crippen molar-refractivity contribution >= 4 is 34.0 Å². The number of thiophene rings is 1. The SMILES string of the molecule is COC(=O)c1c(NC(=O)c2ccc(C(C)=O)cc2)sc2c1CC(C)(C)NC2(C)C. The molecule has 2 N–H and O–H groups in total. The summed E-state index contributed by atoms with van der Waals surface area (Å²) in [5.41, 5.74) is 1.73. The van der Waals surface area contributed by atoms with Crippen molar-refractivity contribution in [1.29, 1.82) is 0 Å². The molecule has 154 valence electrons. The van der Waals surface area contributed by atoms with Crippen LogP contribution in [0.25, 0.3) is 0 Å². The zero-order valence-corrected chi connectivity index (χ0v) is 18.4. The van der Waals surface area contributed by atoms with Crippen LogP contribution in [0.4, 0.5) is 5.00 Å². The lowest BCUT2D eigenvalue weighted by Gasteiger charge is -2.42. The first-order chi connectivity index (χ1) is 13.4. The zero-order chi connectivity index (χ0) is 21.6. The Labute approximate surface area is 174 Å². The molecule has 0 radical (unpaired) electrons. The van der Waals surface area contributed by atoms with Gasteiger partial charge in [-0.15, -0.1) is 11.3 Å². The van der Waals surface area contributed by atoms with Crippen molar-refractivity contribution in [2.45, 2.75) is 52.1 Å². The maximum atomic E-state index is 12.8. The maximum Gasteiger partial charge on any atom is 0.341 e. The number of ketones is 1. The number of hydrogen-bond acceptors (Lipinski definition) is 6. The Morgan fingerprint density at radius 3 is 2.21 bits per heavy atom. The number of amides is 1. The highest BCUT2D eigenvalue weighted by atomic mass is 32.1. The van der Waals surface area contributed by atoms with E-state index in [0.717, 1.165) is 10.4 Å². The second kappa shape index (κ2) is 7.39. The van der Waals surface area contributed by atoms with Gasteiger partial charge >= 0.3 is 5.97 Å². The summed E-state index contributed by atoms with van der Waals surface area (Å²) in [5, 5.41) is 6.96. The fourth-order valence-corrected chi connectivity index (χ4v) is 5.23. The van der Waals surface area contributed by atoms with Gasteiger partial charge in [0.25, 0.3) is 5.91 Å². The minimum atomic E-state index is -0.460. The van der Waals surface area contributed by atoms with Crippen molar-refractivity contribution in [3.8, 4) is 0 Å². The third kappa shape index (κ3) is 4.11. The van der Waals surface area contributed by atoms with E-state index in [0.29, 0.717) is 28.1 Å². The molecule has 29 heavy (non-hydrogen) atoms. The summed E-state index contributed by atoms with van der Waals surface area (Å²) >= 11 is 1.39. The summed E-state index contributed by atoms with van der Waals surface area (Å²) in [4.78, 5) is 37.9. The van der Waals surface area contributed by atoms with Crippen LogP contribution >= 0.6 is 11.3 Å². The number of nitrogens with one attached hydrogen (secondary N) is 2. The molecule has 6 nitrogen and oxygen atoms in total. The van der Waals surface area contributed by atoms with Crippen LogP contribution < -0.4 is 10.6 Å². The minimum absolute atomic E-state index is 0.0618. The van der Waals surface area contributed by atoms with Crippen LogP contribution in [0.15, 0.2) is 24.3 Å². The molecule has 1 aromatic heterocycles. The van der Waals surface area contributed by atoms with Gasteiger partial charge in [-0.05, 0) is 58.7 Å². The largest absolute Gasteiger partial charge is 0.465 e. The van der Waals surface area contributed by atoms with Crippen molar-refractivity contribution in [2.75, 3.05) is 12.4 Å². The maximum absolute atomic E-state index is 12.8. The van der Waals surface area contributed by atoms with Gasteiger partial charge in [-0.3, -0.25) is 9.59 Å². The molecule has 0 saturated heterocycles. The second-order valence-electron chi connectivity index (χ2n) is 8.50. The first kappa shape index (κ1) is 21.2. The van der Waals surface area contributed by atoms with Crippen LogP contribution in [-0.4, -0.2) is 30.3 Å². The highest BCUT2D eigenvalue weighted by molar-refractivity contribution is 7.17. The zero-order valence-electron chi connectivity index (χ0n) is 17.6. The van der Waals surface area contributed by atoms with Crippen LogP contribution in [-0.2, 0) is 16.7 Å². The molecule has 3 rings (SSSR count). The van der Waals surface area contributed by atoms with E-state index in [1.165, 1.54) is 25.4 Å². The van der Waals surface area contributed by atoms with Gasteiger partial charge in [-0.2, -0.15) is 0 Å². The van der Waals surface area contributed by atoms with E-state index in [2.05, 4.69) is 38.3 Å². The Morgan fingerprint density at radius 2 is 1.66 bits per heavy atom. The molecule has 2 heterocycles. The van der Waals surface area contributed by atoms with Gasteiger partial charge in [0.2, 0.25) is 0 Å². The monoisotopic (exact) mass is 414 g/mol. The topological polar surface area (TPSA) is 84.5 Å². The van der Waals surface area contributed by atoms with Crippen LogP contribution in [0.2, 0.25) is 0 Å². The fourth-order valence-electron chi connectivity index (χ4n) is 3.97. The van der Waals surface area contributed by atoms with Gasteiger partial charge in [-0.25, -0.2) is 4.79 Å². The quantitative estimate of drug-likeness (QED) is 0.580. The van der Waals surface area contributed by atoms with Crippen LogP contribution in [0.5, 0.6) is 0 Å². The Kier molecular flexibility index (Phi) is 5.40. The lowest BCUT2D eigenvalue weighted by Crippen LogP contribution is -2.55. The third-order valence-corrected chi connectivity index (χ3v) is 6.49. The fraction of sp³-hybridized carbons (Fsp3) is 0.409. The Morgan fingerprint density at radius 1 is 1.07 bits per heavy atom. The van der Waals surface area contributed by atoms with Crippen LogP contribution in [0.3, 0.4) is 0 Å². The van der Waals surface area contributed by atoms with Crippen LogP contribution in [0.1, 0.15) is 76.1 Å². The molecule has 7 heteroatoms. The van der Waals surface area contributed by atoms with Crippen molar-refractivity contribution in [1.82, 2.24) is 5.32 Å². The number of carbonyl (C=O) groups excluding carboxylic acids is 3. The summed E-state index contributed by atoms with van der Waals surface area (Å²) in [5.74, 6) is -0.861. The summed E-state index contributed by atoms with van der Waals surface area (Å²) in [6, 6.07) is 6.44. The molecule has 1 aliphatic rings. The first-order valence-corrected chi connectivity index (χ1v) is 10.2. The Balaban J connectivity index is 2.01. The highest BCUT2D eigenvalue weighted by Gasteiger charge is 2.42. The predicted molar refractivity (Wildman–Crippen MR) is 114 cm³/mol. The molecule has 0 unspecified atom stereocenters. The van der Waals surface area contributed by atoms with Gasteiger partial charge < -0.3 is 15.4 Å². The van der Waals surface area contributed by atoms with E-state index >= 15 is 0 Å². The molecular weight excluding hydrogens is 388 g/mol. The molecule has 1 aliphatic heterocycles. The number of methoxy groups -OCH3 is 1. The standard InChI is InChI=1S/C22H26N2O4S/c1-12(25)13-7-9-14(10-8-13)18(26)23-19-16(20(27)28-6)15-11-21(2,3)24-22(4,5)17(15)29-19/h7-10,24H,11H2,1-6H3,(H,23,26). The van der Waals surface area contributed by atoms with Crippen molar-refractivity contribution in [3.05, 3.63) is 51.4 Å². The molecule has 2 aromatic rings. The third-order valence-electron chi connectivity index (χ3n) is 5.01. The van der Waals surface area contributed by atoms with Gasteiger partial charge in [0, 0.05) is 27.1 Å². The number of fused-ring (bicyclic) bond motifs is 1. The van der Waals surface area contributed by atoms with Crippen LogP contribution in [0, 0.1) is 0 Å². The van der Waals surface area contributed by atoms with E-state index in [-0.39, 0.29) is 22.8 Å². The molecule has 1 amide bonds. The summed E-state index contributed by atoms with van der Waals surface area (Å²) in [7, 11) is 1.34. The van der Waals surface area contributed by atoms with Gasteiger partial charge in [0.15, 0.2) is 5.78 Å². The number of carbonyl (C=O) groups is 3. The van der Waals surface area contributed by atoms with Crippen molar-refractivity contribution in [2.24, 2.45) is 0 Å². The van der Waals surface area contributed by atoms with E-state index in [1.807, 2.05) is 0 Å². The number of hydrogen-bond donors (Lipinski definition) is 2. The minimum Gasteiger partial charge on any atom is -0.465 e. The van der Waals surface area contributed by atoms with E-state index in [4.69, 9.17) is 4.74 Å². The van der Waals surface area contributed by atoms with Crippen molar-refractivity contribution < 1.29 is 19.1 Å². The number of esters is 1. The predicted octanol–water partition coefficient (Wildman–Crippen LogP) is 4.15. The average Bonchev–Trinajstić information content (AvgIpc) is 2.98. The number of anilines is 1. The number of rotatable bonds is 4. The average molecular weight is 415 g/mol. The molecular formula is C22H26N2O4S. The molecule has 0 bridgehead atoms. The smallest absolute Gasteiger partial charge is 0.341 e. The number of Topliss-reactive ketones (excluding diaryl/α,β-unsaturated/α-hetero) is 1. The van der Waals surface area contributed by atoms with E-state index in [1.54, 1.807) is 24.3 Å². The van der Waals surface area contributed by atoms with Gasteiger partial charge in [-0.1, -0.05) is 12.1 Å². The molecule has 0 spiro atoms. The molecule has 0 atom stereocenters. The normalized spacial score (nSPS) is 16.6. The van der Waals surface area contributed by atoms with Crippen molar-refractivity contribution in [3.63, 3.8) is 0 Å². The summed E-state index contributed by atoms with van der Waals surface area (Å²) in [6.45, 7) is 9.79.